The van der Waals surface area contributed by atoms with Crippen molar-refractivity contribution in [3.63, 3.8) is 0 Å². The van der Waals surface area contributed by atoms with Gasteiger partial charge in [0.25, 0.3) is 0 Å². The van der Waals surface area contributed by atoms with Gasteiger partial charge in [-0.3, -0.25) is 31.4 Å². The molecule has 0 saturated carbocycles. The summed E-state index contributed by atoms with van der Waals surface area (Å²) in [7, 11) is 0. The quantitative estimate of drug-likeness (QED) is 0.103. The number of aromatic nitrogens is 3. The van der Waals surface area contributed by atoms with Gasteiger partial charge in [0, 0.05) is 56.0 Å². The summed E-state index contributed by atoms with van der Waals surface area (Å²) in [5, 5.41) is 15.8. The number of rotatable bonds is 5. The van der Waals surface area contributed by atoms with Crippen molar-refractivity contribution in [3.8, 4) is 0 Å². The number of nitrogens with two attached hydrogens (primary N) is 3. The molecular weight excluding hydrogens is 510 g/mol. The molecule has 3 aromatic heterocycles. The zero-order valence-corrected chi connectivity index (χ0v) is 23.1. The first-order valence-corrected chi connectivity index (χ1v) is 11.9. The summed E-state index contributed by atoms with van der Waals surface area (Å²) in [6, 6.07) is 11.9. The fraction of sp³-hybridized carbons (Fsp3) is 0.214. The van der Waals surface area contributed by atoms with Gasteiger partial charge in [-0.05, 0) is 67.8 Å². The van der Waals surface area contributed by atoms with Gasteiger partial charge in [0.05, 0.1) is 11.6 Å². The molecule has 1 aliphatic rings. The van der Waals surface area contributed by atoms with Gasteiger partial charge < -0.3 is 21.9 Å². The van der Waals surface area contributed by atoms with Crippen molar-refractivity contribution in [2.24, 2.45) is 27.7 Å². The Morgan fingerprint density at radius 1 is 0.925 bits per heavy atom. The monoisotopic (exact) mass is 551 g/mol. The Morgan fingerprint density at radius 3 is 1.80 bits per heavy atom. The lowest BCUT2D eigenvalue weighted by Gasteiger charge is -2.07. The maximum atomic E-state index is 9.87. The second kappa shape index (κ2) is 24.7. The first kappa shape index (κ1) is 37.5. The van der Waals surface area contributed by atoms with Crippen molar-refractivity contribution in [2.45, 2.75) is 38.8 Å². The van der Waals surface area contributed by atoms with Crippen LogP contribution in [0.25, 0.3) is 12.2 Å². The van der Waals surface area contributed by atoms with E-state index >= 15 is 0 Å². The number of hydrazine groups is 1. The molecule has 0 bridgehead atoms. The van der Waals surface area contributed by atoms with E-state index in [2.05, 4.69) is 48.3 Å². The van der Waals surface area contributed by atoms with Crippen LogP contribution < -0.4 is 23.0 Å². The van der Waals surface area contributed by atoms with Gasteiger partial charge in [-0.25, -0.2) is 0 Å². The van der Waals surface area contributed by atoms with Crippen LogP contribution in [-0.4, -0.2) is 49.9 Å². The molecular formula is C28H41N9O3. The lowest BCUT2D eigenvalue weighted by Crippen LogP contribution is -2.10. The molecule has 12 nitrogen and oxygen atoms in total. The van der Waals surface area contributed by atoms with Crippen LogP contribution >= 0.6 is 0 Å². The Labute approximate surface area is 235 Å². The van der Waals surface area contributed by atoms with Crippen molar-refractivity contribution in [3.05, 3.63) is 102 Å². The molecule has 0 saturated heterocycles. The number of nitrogens with zero attached hydrogens (tertiary/aromatic N) is 5. The van der Waals surface area contributed by atoms with Gasteiger partial charge in [-0.2, -0.15) is 10.2 Å². The van der Waals surface area contributed by atoms with E-state index in [9.17, 15) is 4.79 Å². The molecule has 4 rings (SSSR count). The molecule has 12 heteroatoms. The average molecular weight is 552 g/mol. The van der Waals surface area contributed by atoms with Crippen LogP contribution in [-0.2, 0) is 4.79 Å². The number of hydrogen-bond acceptors (Lipinski definition) is 11. The van der Waals surface area contributed by atoms with Crippen LogP contribution in [0.4, 0.5) is 0 Å². The summed E-state index contributed by atoms with van der Waals surface area (Å²) < 4.78 is 0. The number of hydrogen-bond donors (Lipinski definition) is 5. The number of allylic oxidation sites excluding steroid dienone is 2. The van der Waals surface area contributed by atoms with Crippen LogP contribution in [0.5, 0.6) is 0 Å². The molecule has 3 aromatic rings. The van der Waals surface area contributed by atoms with E-state index in [0.29, 0.717) is 6.04 Å². The van der Waals surface area contributed by atoms with Gasteiger partial charge >= 0.3 is 0 Å². The summed E-state index contributed by atoms with van der Waals surface area (Å²) in [4.78, 5) is 21.7. The number of carbonyl (C=O) groups excluding carboxylic acids is 1. The summed E-state index contributed by atoms with van der Waals surface area (Å²) >= 11 is 0. The van der Waals surface area contributed by atoms with E-state index in [0.717, 1.165) is 23.8 Å². The fourth-order valence-electron chi connectivity index (χ4n) is 2.45. The Balaban J connectivity index is 0. The fourth-order valence-corrected chi connectivity index (χ4v) is 2.45. The normalized spacial score (nSPS) is 13.2. The maximum absolute atomic E-state index is 9.87. The molecule has 1 atom stereocenters. The third kappa shape index (κ3) is 22.6. The van der Waals surface area contributed by atoms with Crippen LogP contribution in [0.2, 0.25) is 0 Å². The van der Waals surface area contributed by atoms with Gasteiger partial charge in [0.2, 0.25) is 0 Å². The highest BCUT2D eigenvalue weighted by Crippen LogP contribution is 2.16. The van der Waals surface area contributed by atoms with Gasteiger partial charge in [-0.1, -0.05) is 30.4 Å². The molecule has 1 unspecified atom stereocenters. The molecule has 4 heterocycles. The minimum atomic E-state index is -0.500. The second-order valence-electron chi connectivity index (χ2n) is 8.41. The third-order valence-corrected chi connectivity index (χ3v) is 3.95. The lowest BCUT2D eigenvalue weighted by atomic mass is 10.1. The van der Waals surface area contributed by atoms with E-state index in [1.54, 1.807) is 63.9 Å². The Hall–Kier alpha value is -4.62. The standard InChI is InChI=1S/2C8H9N3.C8H7NO.C4H10O.H4N2.H2O/c1-2-7(6-9-4-1)8-3-5-10-11-8;9-11-6-2-4-8-3-1-5-10-7-8;10-6-2-4-8-3-1-5-9-7-8;1-4(2,3)5;1-2;/h1-2,4-6,8,11H,3H2;1-7H,9H2;1-7H;5H,1-3H3;1-2H2;1H2/b;4-2+,11-6-;4-2+;;;. The number of aldehydes is 1. The molecule has 0 fully saturated rings. The number of nitrogens with one attached hydrogen (secondary N) is 1. The number of carbonyl (C=O) groups is 1. The van der Waals surface area contributed by atoms with Crippen molar-refractivity contribution >= 4 is 30.9 Å². The van der Waals surface area contributed by atoms with Crippen LogP contribution in [0.15, 0.2) is 95.9 Å². The van der Waals surface area contributed by atoms with Crippen molar-refractivity contribution in [2.75, 3.05) is 0 Å². The molecule has 0 amide bonds. The van der Waals surface area contributed by atoms with Crippen LogP contribution in [0.3, 0.4) is 0 Å². The van der Waals surface area contributed by atoms with Gasteiger partial charge in [-0.15, -0.1) is 0 Å². The zero-order chi connectivity index (χ0) is 29.2. The maximum Gasteiger partial charge on any atom is 0.142 e. The second-order valence-corrected chi connectivity index (χ2v) is 8.41. The van der Waals surface area contributed by atoms with Gasteiger partial charge in [0.15, 0.2) is 0 Å². The average Bonchev–Trinajstić information content (AvgIpc) is 3.50. The van der Waals surface area contributed by atoms with E-state index in [-0.39, 0.29) is 5.48 Å². The smallest absolute Gasteiger partial charge is 0.142 e. The largest absolute Gasteiger partial charge is 0.412 e. The summed E-state index contributed by atoms with van der Waals surface area (Å²) in [6.45, 7) is 5.23. The highest BCUT2D eigenvalue weighted by Gasteiger charge is 2.11. The number of aliphatic hydroxyl groups is 1. The Kier molecular flexibility index (Phi) is 23.2. The summed E-state index contributed by atoms with van der Waals surface area (Å²) in [5.74, 6) is 12.9. The SMILES string of the molecule is C1=NNC(c2cccnc2)C1.CC(C)(C)O.N/N=C\C=C\c1cccnc1.NN.O.O=C/C=C/c1cccnc1. The summed E-state index contributed by atoms with van der Waals surface area (Å²) in [6.07, 6.45) is 22.4. The predicted molar refractivity (Wildman–Crippen MR) is 162 cm³/mol. The molecule has 0 aromatic carbocycles. The van der Waals surface area contributed by atoms with Crippen molar-refractivity contribution in [1.29, 1.82) is 0 Å². The van der Waals surface area contributed by atoms with E-state index < -0.39 is 5.60 Å². The van der Waals surface area contributed by atoms with Crippen molar-refractivity contribution < 1.29 is 15.4 Å². The molecule has 0 aliphatic carbocycles. The molecule has 40 heavy (non-hydrogen) atoms. The van der Waals surface area contributed by atoms with Gasteiger partial charge in [0.1, 0.15) is 6.29 Å². The molecule has 216 valence electrons. The van der Waals surface area contributed by atoms with Crippen molar-refractivity contribution in [1.82, 2.24) is 20.4 Å². The minimum absolute atomic E-state index is 0. The van der Waals surface area contributed by atoms with E-state index in [1.165, 1.54) is 17.9 Å². The molecule has 0 spiro atoms. The predicted octanol–water partition coefficient (Wildman–Crippen LogP) is 2.21. The molecule has 10 N–H and O–H groups in total. The van der Waals surface area contributed by atoms with E-state index in [1.807, 2.05) is 48.8 Å². The molecule has 1 aliphatic heterocycles. The minimum Gasteiger partial charge on any atom is -0.412 e. The van der Waals surface area contributed by atoms with Crippen LogP contribution in [0, 0.1) is 0 Å². The first-order valence-electron chi connectivity index (χ1n) is 11.9. The number of pyridine rings is 3. The Morgan fingerprint density at radius 2 is 1.43 bits per heavy atom. The highest BCUT2D eigenvalue weighted by molar-refractivity contribution is 5.77. The first-order chi connectivity index (χ1) is 18.8. The van der Waals surface area contributed by atoms with E-state index in [4.69, 9.17) is 10.9 Å². The third-order valence-electron chi connectivity index (χ3n) is 3.95. The Bertz CT molecular complexity index is 1090. The molecule has 0 radical (unpaired) electrons. The van der Waals surface area contributed by atoms with Crippen LogP contribution in [0.1, 0.15) is 49.9 Å². The topological polar surface area (TPSA) is 222 Å². The number of hydrazone groups is 2. The lowest BCUT2D eigenvalue weighted by molar-refractivity contribution is -0.104. The summed E-state index contributed by atoms with van der Waals surface area (Å²) in [5.41, 5.74) is 5.68. The highest BCUT2D eigenvalue weighted by atomic mass is 16.3. The zero-order valence-electron chi connectivity index (χ0n) is 23.1.